The molecule has 5 heteroatoms. The molecule has 1 unspecified atom stereocenters. The number of hydrogen-bond acceptors (Lipinski definition) is 2. The Morgan fingerprint density at radius 2 is 1.94 bits per heavy atom. The highest BCUT2D eigenvalue weighted by Gasteiger charge is 2.33. The van der Waals surface area contributed by atoms with Gasteiger partial charge in [-0.05, 0) is 37.0 Å². The SMILES string of the molecule is CCSCCC(C)Nc1ccccc1C(F)(F)F. The Bertz CT molecular complexity index is 365. The smallest absolute Gasteiger partial charge is 0.382 e. The van der Waals surface area contributed by atoms with Crippen LogP contribution in [0.25, 0.3) is 0 Å². The topological polar surface area (TPSA) is 12.0 Å². The molecule has 102 valence electrons. The predicted molar refractivity (Wildman–Crippen MR) is 72.1 cm³/mol. The van der Waals surface area contributed by atoms with E-state index in [4.69, 9.17) is 0 Å². The Kier molecular flexibility index (Phi) is 5.85. The van der Waals surface area contributed by atoms with Gasteiger partial charge in [0.25, 0.3) is 0 Å². The van der Waals surface area contributed by atoms with Crippen LogP contribution in [0, 0.1) is 0 Å². The van der Waals surface area contributed by atoms with Crippen molar-refractivity contribution in [2.45, 2.75) is 32.5 Å². The molecule has 1 aromatic carbocycles. The fourth-order valence-corrected chi connectivity index (χ4v) is 2.41. The first-order valence-electron chi connectivity index (χ1n) is 5.95. The standard InChI is InChI=1S/C13H18F3NS/c1-3-18-9-8-10(2)17-12-7-5-4-6-11(12)13(14,15)16/h4-7,10,17H,3,8-9H2,1-2H3. The van der Waals surface area contributed by atoms with Crippen LogP contribution in [-0.2, 0) is 6.18 Å². The minimum atomic E-state index is -4.30. The molecule has 0 aromatic heterocycles. The van der Waals surface area contributed by atoms with E-state index in [9.17, 15) is 13.2 Å². The molecule has 1 aromatic rings. The van der Waals surface area contributed by atoms with Crippen molar-refractivity contribution in [3.8, 4) is 0 Å². The summed E-state index contributed by atoms with van der Waals surface area (Å²) in [5.41, 5.74) is -0.431. The highest BCUT2D eigenvalue weighted by molar-refractivity contribution is 7.99. The van der Waals surface area contributed by atoms with Crippen LogP contribution in [0.2, 0.25) is 0 Å². The Labute approximate surface area is 110 Å². The molecule has 0 fully saturated rings. The summed E-state index contributed by atoms with van der Waals surface area (Å²) in [6.07, 6.45) is -3.45. The third-order valence-electron chi connectivity index (χ3n) is 2.53. The van der Waals surface area contributed by atoms with Gasteiger partial charge in [0.15, 0.2) is 0 Å². The maximum atomic E-state index is 12.8. The molecule has 0 saturated carbocycles. The van der Waals surface area contributed by atoms with Crippen molar-refractivity contribution in [3.63, 3.8) is 0 Å². The molecule has 0 bridgehead atoms. The van der Waals surface area contributed by atoms with Crippen LogP contribution >= 0.6 is 11.8 Å². The molecule has 18 heavy (non-hydrogen) atoms. The van der Waals surface area contributed by atoms with Crippen molar-refractivity contribution in [3.05, 3.63) is 29.8 Å². The van der Waals surface area contributed by atoms with Gasteiger partial charge in [0.2, 0.25) is 0 Å². The molecule has 0 aliphatic heterocycles. The molecule has 1 N–H and O–H groups in total. The van der Waals surface area contributed by atoms with E-state index in [-0.39, 0.29) is 11.7 Å². The van der Waals surface area contributed by atoms with Crippen molar-refractivity contribution in [1.29, 1.82) is 0 Å². The molecule has 1 nitrogen and oxygen atoms in total. The lowest BCUT2D eigenvalue weighted by Gasteiger charge is -2.19. The van der Waals surface area contributed by atoms with Gasteiger partial charge < -0.3 is 5.32 Å². The molecule has 0 spiro atoms. The van der Waals surface area contributed by atoms with Gasteiger partial charge >= 0.3 is 6.18 Å². The van der Waals surface area contributed by atoms with E-state index in [0.29, 0.717) is 0 Å². The number of alkyl halides is 3. The summed E-state index contributed by atoms with van der Waals surface area (Å²) in [7, 11) is 0. The second kappa shape index (κ2) is 6.92. The summed E-state index contributed by atoms with van der Waals surface area (Å²) < 4.78 is 38.3. The van der Waals surface area contributed by atoms with E-state index >= 15 is 0 Å². The molecule has 0 aliphatic carbocycles. The average molecular weight is 277 g/mol. The number of hydrogen-bond donors (Lipinski definition) is 1. The summed E-state index contributed by atoms with van der Waals surface area (Å²) in [6, 6.07) is 5.64. The second-order valence-corrected chi connectivity index (χ2v) is 5.47. The Morgan fingerprint density at radius 1 is 1.28 bits per heavy atom. The number of rotatable bonds is 6. The maximum absolute atomic E-state index is 12.8. The Balaban J connectivity index is 2.66. The lowest BCUT2D eigenvalue weighted by Crippen LogP contribution is -2.19. The van der Waals surface area contributed by atoms with Gasteiger partial charge in [0.1, 0.15) is 0 Å². The third-order valence-corrected chi connectivity index (χ3v) is 3.47. The van der Waals surface area contributed by atoms with Crippen molar-refractivity contribution >= 4 is 17.4 Å². The molecule has 0 aliphatic rings. The van der Waals surface area contributed by atoms with Crippen LogP contribution in [0.1, 0.15) is 25.8 Å². The zero-order chi connectivity index (χ0) is 13.6. The minimum absolute atomic E-state index is 0.0348. The number of nitrogens with one attached hydrogen (secondary N) is 1. The van der Waals surface area contributed by atoms with Gasteiger partial charge in [-0.15, -0.1) is 0 Å². The van der Waals surface area contributed by atoms with Crippen LogP contribution < -0.4 is 5.32 Å². The van der Waals surface area contributed by atoms with Crippen molar-refractivity contribution in [1.82, 2.24) is 0 Å². The fourth-order valence-electron chi connectivity index (χ4n) is 1.60. The number of thioether (sulfide) groups is 1. The highest BCUT2D eigenvalue weighted by atomic mass is 32.2. The largest absolute Gasteiger partial charge is 0.418 e. The minimum Gasteiger partial charge on any atom is -0.382 e. The van der Waals surface area contributed by atoms with Crippen molar-refractivity contribution < 1.29 is 13.2 Å². The van der Waals surface area contributed by atoms with Crippen LogP contribution in [-0.4, -0.2) is 17.5 Å². The van der Waals surface area contributed by atoms with Gasteiger partial charge in [0.05, 0.1) is 5.56 Å². The molecule has 1 rings (SSSR count). The fraction of sp³-hybridized carbons (Fsp3) is 0.538. The van der Waals surface area contributed by atoms with Gasteiger partial charge in [-0.3, -0.25) is 0 Å². The number of halogens is 3. The average Bonchev–Trinajstić information content (AvgIpc) is 2.28. The molecule has 1 atom stereocenters. The van der Waals surface area contributed by atoms with Gasteiger partial charge in [-0.1, -0.05) is 19.1 Å². The number of anilines is 1. The Morgan fingerprint density at radius 3 is 2.56 bits per heavy atom. The van der Waals surface area contributed by atoms with E-state index in [0.717, 1.165) is 24.0 Å². The summed E-state index contributed by atoms with van der Waals surface area (Å²) >= 11 is 1.79. The predicted octanol–water partition coefficient (Wildman–Crippen LogP) is 4.65. The number of para-hydroxylation sites is 1. The molecular weight excluding hydrogens is 259 g/mol. The third kappa shape index (κ3) is 4.80. The Hall–Kier alpha value is -0.840. The highest BCUT2D eigenvalue weighted by Crippen LogP contribution is 2.34. The van der Waals surface area contributed by atoms with E-state index in [1.165, 1.54) is 12.1 Å². The van der Waals surface area contributed by atoms with Crippen molar-refractivity contribution in [2.24, 2.45) is 0 Å². The molecule has 0 amide bonds. The van der Waals surface area contributed by atoms with E-state index in [1.54, 1.807) is 17.8 Å². The first-order chi connectivity index (χ1) is 8.45. The number of benzene rings is 1. The monoisotopic (exact) mass is 277 g/mol. The van der Waals surface area contributed by atoms with Crippen LogP contribution in [0.5, 0.6) is 0 Å². The lowest BCUT2D eigenvalue weighted by atomic mass is 10.1. The first kappa shape index (κ1) is 15.2. The zero-order valence-electron chi connectivity index (χ0n) is 10.6. The van der Waals surface area contributed by atoms with Crippen molar-refractivity contribution in [2.75, 3.05) is 16.8 Å². The van der Waals surface area contributed by atoms with Crippen LogP contribution in [0.4, 0.5) is 18.9 Å². The molecular formula is C13H18F3NS. The second-order valence-electron chi connectivity index (χ2n) is 4.07. The van der Waals surface area contributed by atoms with E-state index in [2.05, 4.69) is 12.2 Å². The first-order valence-corrected chi connectivity index (χ1v) is 7.11. The van der Waals surface area contributed by atoms with E-state index in [1.807, 2.05) is 6.92 Å². The molecule has 0 saturated heterocycles. The molecule has 0 heterocycles. The normalized spacial score (nSPS) is 13.4. The molecule has 0 radical (unpaired) electrons. The van der Waals surface area contributed by atoms with Gasteiger partial charge in [-0.2, -0.15) is 24.9 Å². The summed E-state index contributed by atoms with van der Waals surface area (Å²) in [4.78, 5) is 0. The van der Waals surface area contributed by atoms with Crippen LogP contribution in [0.3, 0.4) is 0 Å². The van der Waals surface area contributed by atoms with E-state index < -0.39 is 11.7 Å². The van der Waals surface area contributed by atoms with Gasteiger partial charge in [0, 0.05) is 11.7 Å². The zero-order valence-corrected chi connectivity index (χ0v) is 11.4. The summed E-state index contributed by atoms with van der Waals surface area (Å²) in [5, 5.41) is 2.94. The maximum Gasteiger partial charge on any atom is 0.418 e. The van der Waals surface area contributed by atoms with Gasteiger partial charge in [-0.25, -0.2) is 0 Å². The lowest BCUT2D eigenvalue weighted by molar-refractivity contribution is -0.137. The summed E-state index contributed by atoms with van der Waals surface area (Å²) in [5.74, 6) is 1.99. The quantitative estimate of drug-likeness (QED) is 0.760. The van der Waals surface area contributed by atoms with Crippen LogP contribution in [0.15, 0.2) is 24.3 Å². The summed E-state index contributed by atoms with van der Waals surface area (Å²) in [6.45, 7) is 3.98.